The van der Waals surface area contributed by atoms with Crippen LogP contribution in [-0.2, 0) is 10.3 Å². The van der Waals surface area contributed by atoms with Crippen LogP contribution < -0.4 is 5.32 Å². The number of hydrogen-bond acceptors (Lipinski definition) is 5. The number of nitrogens with zero attached hydrogens (tertiary/aromatic N) is 3. The van der Waals surface area contributed by atoms with E-state index in [0.717, 1.165) is 35.5 Å². The number of aromatic nitrogens is 1. The molecule has 3 aromatic rings. The molecule has 148 valence electrons. The largest absolute Gasteiger partial charge is 0.326 e. The molecule has 5 rings (SSSR count). The number of amides is 3. The minimum absolute atomic E-state index is 0.136. The molecule has 0 unspecified atom stereocenters. The number of fused-ring (bicyclic) bond motifs is 1. The molecule has 2 aromatic carbocycles. The van der Waals surface area contributed by atoms with Gasteiger partial charge in [-0.3, -0.25) is 9.69 Å². The second-order valence-corrected chi connectivity index (χ2v) is 8.85. The van der Waals surface area contributed by atoms with Crippen LogP contribution in [0.4, 0.5) is 4.79 Å². The van der Waals surface area contributed by atoms with E-state index in [-0.39, 0.29) is 24.6 Å². The van der Waals surface area contributed by atoms with Gasteiger partial charge < -0.3 is 5.32 Å². The average Bonchev–Trinajstić information content (AvgIpc) is 3.42. The van der Waals surface area contributed by atoms with Crippen molar-refractivity contribution >= 4 is 33.5 Å². The number of imide groups is 1. The summed E-state index contributed by atoms with van der Waals surface area (Å²) in [7, 11) is 0. The zero-order valence-corrected chi connectivity index (χ0v) is 17.0. The first kappa shape index (κ1) is 18.3. The van der Waals surface area contributed by atoms with Gasteiger partial charge in [0.15, 0.2) is 0 Å². The zero-order valence-electron chi connectivity index (χ0n) is 16.2. The van der Waals surface area contributed by atoms with Crippen LogP contribution in [0.2, 0.25) is 0 Å². The second-order valence-electron chi connectivity index (χ2n) is 7.79. The lowest BCUT2D eigenvalue weighted by Crippen LogP contribution is -2.43. The fourth-order valence-electron chi connectivity index (χ4n) is 4.28. The SMILES string of the molecule is C[C@]1(c2ccccc2)NC(=O)N(CN2CCC[C@@H]2c2nc3ccccc3s2)C1=O. The summed E-state index contributed by atoms with van der Waals surface area (Å²) in [6, 6.07) is 17.3. The number of rotatable bonds is 4. The van der Waals surface area contributed by atoms with Crippen molar-refractivity contribution in [2.24, 2.45) is 0 Å². The average molecular weight is 407 g/mol. The highest BCUT2D eigenvalue weighted by molar-refractivity contribution is 7.18. The molecular weight excluding hydrogens is 384 g/mol. The summed E-state index contributed by atoms with van der Waals surface area (Å²) in [6.45, 7) is 2.91. The van der Waals surface area contributed by atoms with E-state index in [1.807, 2.05) is 48.5 Å². The smallest absolute Gasteiger partial charge is 0.319 e. The lowest BCUT2D eigenvalue weighted by Gasteiger charge is -2.27. The van der Waals surface area contributed by atoms with E-state index in [4.69, 9.17) is 4.98 Å². The number of likely N-dealkylation sites (tertiary alicyclic amines) is 1. The van der Waals surface area contributed by atoms with Crippen LogP contribution >= 0.6 is 11.3 Å². The highest BCUT2D eigenvalue weighted by Crippen LogP contribution is 2.37. The van der Waals surface area contributed by atoms with Gasteiger partial charge in [-0.1, -0.05) is 42.5 Å². The minimum atomic E-state index is -1.02. The molecule has 29 heavy (non-hydrogen) atoms. The van der Waals surface area contributed by atoms with Crippen LogP contribution in [0.15, 0.2) is 54.6 Å². The Hall–Kier alpha value is -2.77. The van der Waals surface area contributed by atoms with Gasteiger partial charge in [0.1, 0.15) is 10.5 Å². The number of thiazole rings is 1. The predicted octanol–water partition coefficient (Wildman–Crippen LogP) is 3.86. The zero-order chi connectivity index (χ0) is 20.0. The maximum absolute atomic E-state index is 13.2. The van der Waals surface area contributed by atoms with Gasteiger partial charge in [-0.15, -0.1) is 11.3 Å². The summed E-state index contributed by atoms with van der Waals surface area (Å²) >= 11 is 1.70. The monoisotopic (exact) mass is 406 g/mol. The van der Waals surface area contributed by atoms with Gasteiger partial charge in [0.2, 0.25) is 0 Å². The van der Waals surface area contributed by atoms with E-state index in [2.05, 4.69) is 16.3 Å². The van der Waals surface area contributed by atoms with Crippen molar-refractivity contribution in [2.75, 3.05) is 13.2 Å². The van der Waals surface area contributed by atoms with Gasteiger partial charge in [0.25, 0.3) is 5.91 Å². The van der Waals surface area contributed by atoms with E-state index < -0.39 is 5.54 Å². The van der Waals surface area contributed by atoms with E-state index in [1.54, 1.807) is 18.3 Å². The van der Waals surface area contributed by atoms with Crippen LogP contribution in [0.25, 0.3) is 10.2 Å². The third kappa shape index (κ3) is 3.01. The molecular formula is C22H22N4O2S. The quantitative estimate of drug-likeness (QED) is 0.668. The summed E-state index contributed by atoms with van der Waals surface area (Å²) in [5.74, 6) is -0.205. The molecule has 2 saturated heterocycles. The fourth-order valence-corrected chi connectivity index (χ4v) is 5.42. The van der Waals surface area contributed by atoms with Crippen LogP contribution in [0.3, 0.4) is 0 Å². The molecule has 6 nitrogen and oxygen atoms in total. The van der Waals surface area contributed by atoms with Crippen molar-refractivity contribution in [3.63, 3.8) is 0 Å². The summed E-state index contributed by atoms with van der Waals surface area (Å²) in [4.78, 5) is 34.3. The predicted molar refractivity (Wildman–Crippen MR) is 112 cm³/mol. The first-order valence-corrected chi connectivity index (χ1v) is 10.7. The molecule has 2 aliphatic heterocycles. The number of carbonyl (C=O) groups is 2. The lowest BCUT2D eigenvalue weighted by molar-refractivity contribution is -0.132. The van der Waals surface area contributed by atoms with E-state index in [0.29, 0.717) is 0 Å². The Morgan fingerprint density at radius 1 is 1.14 bits per heavy atom. The maximum atomic E-state index is 13.2. The first-order chi connectivity index (χ1) is 14.1. The van der Waals surface area contributed by atoms with Crippen molar-refractivity contribution in [1.82, 2.24) is 20.1 Å². The minimum Gasteiger partial charge on any atom is -0.319 e. The van der Waals surface area contributed by atoms with E-state index >= 15 is 0 Å². The standard InChI is InChI=1S/C22H22N4O2S/c1-22(15-8-3-2-4-9-15)20(27)26(21(28)24-22)14-25-13-7-11-17(25)19-23-16-10-5-6-12-18(16)29-19/h2-6,8-10,12,17H,7,11,13-14H2,1H3,(H,24,28)/t17-,22-/m1/s1. The number of hydrogen-bond donors (Lipinski definition) is 1. The molecule has 2 fully saturated rings. The number of nitrogens with one attached hydrogen (secondary N) is 1. The Balaban J connectivity index is 1.39. The van der Waals surface area contributed by atoms with E-state index in [1.165, 1.54) is 9.60 Å². The van der Waals surface area contributed by atoms with Gasteiger partial charge in [0.05, 0.1) is 22.9 Å². The highest BCUT2D eigenvalue weighted by Gasteiger charge is 2.50. The van der Waals surface area contributed by atoms with Crippen molar-refractivity contribution in [3.8, 4) is 0 Å². The summed E-state index contributed by atoms with van der Waals surface area (Å²) < 4.78 is 1.17. The molecule has 0 aliphatic carbocycles. The Kier molecular flexibility index (Phi) is 4.37. The molecule has 2 aliphatic rings. The molecule has 3 heterocycles. The molecule has 0 radical (unpaired) electrons. The molecule has 1 N–H and O–H groups in total. The molecule has 0 bridgehead atoms. The normalized spacial score (nSPS) is 25.1. The summed E-state index contributed by atoms with van der Waals surface area (Å²) in [5, 5.41) is 3.95. The van der Waals surface area contributed by atoms with Crippen LogP contribution in [-0.4, -0.2) is 39.9 Å². The maximum Gasteiger partial charge on any atom is 0.326 e. The third-order valence-corrected chi connectivity index (χ3v) is 7.05. The van der Waals surface area contributed by atoms with Crippen LogP contribution in [0, 0.1) is 0 Å². The molecule has 2 atom stereocenters. The lowest BCUT2D eigenvalue weighted by atomic mass is 9.92. The van der Waals surface area contributed by atoms with Crippen LogP contribution in [0.1, 0.15) is 36.4 Å². The molecule has 7 heteroatoms. The van der Waals surface area contributed by atoms with Crippen molar-refractivity contribution in [3.05, 3.63) is 65.2 Å². The highest BCUT2D eigenvalue weighted by atomic mass is 32.1. The number of para-hydroxylation sites is 1. The van der Waals surface area contributed by atoms with Gasteiger partial charge in [0, 0.05) is 6.54 Å². The molecule has 0 spiro atoms. The summed E-state index contributed by atoms with van der Waals surface area (Å²) in [5.41, 5.74) is 0.777. The molecule has 1 aromatic heterocycles. The van der Waals surface area contributed by atoms with Gasteiger partial charge in [-0.25, -0.2) is 14.7 Å². The molecule has 0 saturated carbocycles. The summed E-state index contributed by atoms with van der Waals surface area (Å²) in [6.07, 6.45) is 2.01. The number of carbonyl (C=O) groups excluding carboxylic acids is 2. The third-order valence-electron chi connectivity index (χ3n) is 5.91. The topological polar surface area (TPSA) is 65.5 Å². The Morgan fingerprint density at radius 2 is 1.90 bits per heavy atom. The Morgan fingerprint density at radius 3 is 2.69 bits per heavy atom. The molecule has 3 amide bonds. The Labute approximate surface area is 173 Å². The second kappa shape index (κ2) is 6.93. The first-order valence-electron chi connectivity index (χ1n) is 9.85. The number of urea groups is 1. The fraction of sp³-hybridized carbons (Fsp3) is 0.318. The van der Waals surface area contributed by atoms with Gasteiger partial charge in [-0.2, -0.15) is 0 Å². The van der Waals surface area contributed by atoms with Gasteiger partial charge >= 0.3 is 6.03 Å². The van der Waals surface area contributed by atoms with Crippen molar-refractivity contribution in [2.45, 2.75) is 31.3 Å². The van der Waals surface area contributed by atoms with Gasteiger partial charge in [-0.05, 0) is 37.5 Å². The van der Waals surface area contributed by atoms with Crippen LogP contribution in [0.5, 0.6) is 0 Å². The van der Waals surface area contributed by atoms with Crippen molar-refractivity contribution in [1.29, 1.82) is 0 Å². The van der Waals surface area contributed by atoms with E-state index in [9.17, 15) is 9.59 Å². The Bertz CT molecular complexity index is 1050. The van der Waals surface area contributed by atoms with Crippen molar-refractivity contribution < 1.29 is 9.59 Å². The number of benzene rings is 2.